The predicted molar refractivity (Wildman–Crippen MR) is 101 cm³/mol. The Bertz CT molecular complexity index is 987. The molecule has 0 aliphatic carbocycles. The molecular formula is C20H18ClFN2O3. The predicted octanol–water partition coefficient (Wildman–Crippen LogP) is 4.23. The molecule has 4 rings (SSSR count). The Labute approximate surface area is 160 Å². The molecule has 1 aliphatic heterocycles. The fourth-order valence-electron chi connectivity index (χ4n) is 3.42. The number of aromatic nitrogens is 1. The molecule has 0 bridgehead atoms. The summed E-state index contributed by atoms with van der Waals surface area (Å²) < 4.78 is 25.1. The van der Waals surface area contributed by atoms with Crippen molar-refractivity contribution < 1.29 is 18.7 Å². The number of rotatable bonds is 4. The number of nitrogens with one attached hydrogen (secondary N) is 2. The Balaban J connectivity index is 1.57. The van der Waals surface area contributed by atoms with E-state index < -0.39 is 5.82 Å². The standard InChI is InChI=1S/C20H18ClFN2O3/c1-26-17-7-6-14(22)18-13(17)10-16(23-18)20(25)24-15-8-9-27-19(15)11-2-4-12(21)5-3-11/h2-7,10,15,19,23H,8-9H2,1H3,(H,24,25)/t15-,19+/m0/s1. The van der Waals surface area contributed by atoms with Crippen LogP contribution < -0.4 is 10.1 Å². The summed E-state index contributed by atoms with van der Waals surface area (Å²) in [6.07, 6.45) is 0.443. The van der Waals surface area contributed by atoms with Crippen molar-refractivity contribution in [1.82, 2.24) is 10.3 Å². The molecule has 140 valence electrons. The Hall–Kier alpha value is -2.57. The topological polar surface area (TPSA) is 63.4 Å². The van der Waals surface area contributed by atoms with Crippen LogP contribution in [0.5, 0.6) is 5.75 Å². The normalized spacial score (nSPS) is 19.4. The lowest BCUT2D eigenvalue weighted by Crippen LogP contribution is -2.37. The summed E-state index contributed by atoms with van der Waals surface area (Å²) in [5.41, 5.74) is 1.47. The van der Waals surface area contributed by atoms with Crippen LogP contribution in [0.1, 0.15) is 28.6 Å². The quantitative estimate of drug-likeness (QED) is 0.703. The molecule has 1 saturated heterocycles. The third-order valence-corrected chi connectivity index (χ3v) is 5.03. The Morgan fingerprint density at radius 3 is 2.81 bits per heavy atom. The number of ether oxygens (including phenoxy) is 2. The number of H-pyrrole nitrogens is 1. The Morgan fingerprint density at radius 2 is 2.07 bits per heavy atom. The van der Waals surface area contributed by atoms with Gasteiger partial charge in [0.1, 0.15) is 23.4 Å². The average molecular weight is 389 g/mol. The lowest BCUT2D eigenvalue weighted by molar-refractivity contribution is 0.0818. The van der Waals surface area contributed by atoms with Gasteiger partial charge in [-0.1, -0.05) is 23.7 Å². The van der Waals surface area contributed by atoms with Gasteiger partial charge in [-0.2, -0.15) is 0 Å². The molecule has 0 unspecified atom stereocenters. The number of halogens is 2. The number of fused-ring (bicyclic) bond motifs is 1. The summed E-state index contributed by atoms with van der Waals surface area (Å²) in [6.45, 7) is 0.549. The second-order valence-corrected chi connectivity index (χ2v) is 6.87. The first-order chi connectivity index (χ1) is 13.1. The minimum atomic E-state index is -0.437. The number of benzene rings is 2. The fraction of sp³-hybridized carbons (Fsp3) is 0.250. The van der Waals surface area contributed by atoms with Gasteiger partial charge in [0.2, 0.25) is 0 Å². The van der Waals surface area contributed by atoms with E-state index in [4.69, 9.17) is 21.1 Å². The van der Waals surface area contributed by atoms with E-state index in [1.807, 2.05) is 12.1 Å². The van der Waals surface area contributed by atoms with Gasteiger partial charge < -0.3 is 19.8 Å². The van der Waals surface area contributed by atoms with Crippen molar-refractivity contribution in [2.75, 3.05) is 13.7 Å². The summed E-state index contributed by atoms with van der Waals surface area (Å²) >= 11 is 5.94. The largest absolute Gasteiger partial charge is 0.496 e. The molecule has 3 aromatic rings. The molecule has 2 heterocycles. The van der Waals surface area contributed by atoms with Gasteiger partial charge in [-0.3, -0.25) is 4.79 Å². The van der Waals surface area contributed by atoms with Gasteiger partial charge in [-0.15, -0.1) is 0 Å². The van der Waals surface area contributed by atoms with E-state index >= 15 is 0 Å². The van der Waals surface area contributed by atoms with E-state index in [9.17, 15) is 9.18 Å². The van der Waals surface area contributed by atoms with Crippen LogP contribution in [0.15, 0.2) is 42.5 Å². The summed E-state index contributed by atoms with van der Waals surface area (Å²) in [5, 5.41) is 4.16. The summed E-state index contributed by atoms with van der Waals surface area (Å²) in [4.78, 5) is 15.6. The van der Waals surface area contributed by atoms with E-state index in [0.29, 0.717) is 29.2 Å². The van der Waals surface area contributed by atoms with E-state index in [2.05, 4.69) is 10.3 Å². The number of amides is 1. The average Bonchev–Trinajstić information content (AvgIpc) is 3.31. The molecule has 2 aromatic carbocycles. The van der Waals surface area contributed by atoms with Crippen molar-refractivity contribution in [2.24, 2.45) is 0 Å². The molecule has 7 heteroatoms. The number of methoxy groups -OCH3 is 1. The molecule has 5 nitrogen and oxygen atoms in total. The van der Waals surface area contributed by atoms with Crippen molar-refractivity contribution >= 4 is 28.4 Å². The van der Waals surface area contributed by atoms with Gasteiger partial charge in [-0.05, 0) is 42.3 Å². The molecule has 2 atom stereocenters. The number of carbonyl (C=O) groups excluding carboxylic acids is 1. The molecule has 0 saturated carbocycles. The van der Waals surface area contributed by atoms with Crippen molar-refractivity contribution in [1.29, 1.82) is 0 Å². The van der Waals surface area contributed by atoms with Crippen LogP contribution in [0.25, 0.3) is 10.9 Å². The molecule has 1 aliphatic rings. The first kappa shape index (κ1) is 17.8. The highest BCUT2D eigenvalue weighted by atomic mass is 35.5. The van der Waals surface area contributed by atoms with Crippen molar-refractivity contribution in [3.8, 4) is 5.75 Å². The summed E-state index contributed by atoms with van der Waals surface area (Å²) in [5.74, 6) is -0.250. The van der Waals surface area contributed by atoms with Crippen LogP contribution in [-0.2, 0) is 4.74 Å². The smallest absolute Gasteiger partial charge is 0.268 e. The lowest BCUT2D eigenvalue weighted by Gasteiger charge is -2.20. The Kier molecular flexibility index (Phi) is 4.76. The van der Waals surface area contributed by atoms with Crippen molar-refractivity contribution in [3.05, 3.63) is 64.6 Å². The minimum Gasteiger partial charge on any atom is -0.496 e. The molecule has 0 spiro atoms. The van der Waals surface area contributed by atoms with Crippen LogP contribution in [-0.4, -0.2) is 30.6 Å². The maximum atomic E-state index is 14.1. The van der Waals surface area contributed by atoms with E-state index in [0.717, 1.165) is 5.56 Å². The first-order valence-electron chi connectivity index (χ1n) is 8.60. The van der Waals surface area contributed by atoms with E-state index in [1.165, 1.54) is 19.2 Å². The number of aromatic amines is 1. The molecule has 1 fully saturated rings. The van der Waals surface area contributed by atoms with Crippen LogP contribution in [0, 0.1) is 5.82 Å². The Morgan fingerprint density at radius 1 is 1.30 bits per heavy atom. The molecular weight excluding hydrogens is 371 g/mol. The first-order valence-corrected chi connectivity index (χ1v) is 8.98. The third kappa shape index (κ3) is 3.38. The second kappa shape index (κ2) is 7.21. The highest BCUT2D eigenvalue weighted by Crippen LogP contribution is 2.31. The fourth-order valence-corrected chi connectivity index (χ4v) is 3.55. The van der Waals surface area contributed by atoms with Gasteiger partial charge in [0.25, 0.3) is 5.91 Å². The number of hydrogen-bond acceptors (Lipinski definition) is 3. The highest BCUT2D eigenvalue weighted by Gasteiger charge is 2.31. The van der Waals surface area contributed by atoms with Gasteiger partial charge in [0, 0.05) is 17.0 Å². The van der Waals surface area contributed by atoms with E-state index in [1.54, 1.807) is 18.2 Å². The second-order valence-electron chi connectivity index (χ2n) is 6.43. The van der Waals surface area contributed by atoms with Crippen molar-refractivity contribution in [2.45, 2.75) is 18.6 Å². The highest BCUT2D eigenvalue weighted by molar-refractivity contribution is 6.30. The maximum Gasteiger partial charge on any atom is 0.268 e. The molecule has 1 amide bonds. The monoisotopic (exact) mass is 388 g/mol. The molecule has 27 heavy (non-hydrogen) atoms. The van der Waals surface area contributed by atoms with Gasteiger partial charge in [0.05, 0.1) is 18.7 Å². The molecule has 0 radical (unpaired) electrons. The maximum absolute atomic E-state index is 14.1. The molecule has 1 aromatic heterocycles. The van der Waals surface area contributed by atoms with E-state index in [-0.39, 0.29) is 29.3 Å². The SMILES string of the molecule is COc1ccc(F)c2[nH]c(C(=O)N[C@H]3CCO[C@@H]3c3ccc(Cl)cc3)cc12. The van der Waals surface area contributed by atoms with Crippen LogP contribution in [0.2, 0.25) is 5.02 Å². The summed E-state index contributed by atoms with van der Waals surface area (Å²) in [6, 6.07) is 11.6. The number of carbonyl (C=O) groups is 1. The zero-order chi connectivity index (χ0) is 19.0. The summed E-state index contributed by atoms with van der Waals surface area (Å²) in [7, 11) is 1.51. The van der Waals surface area contributed by atoms with Gasteiger partial charge in [0.15, 0.2) is 0 Å². The van der Waals surface area contributed by atoms with Gasteiger partial charge in [-0.25, -0.2) is 4.39 Å². The number of hydrogen-bond donors (Lipinski definition) is 2. The third-order valence-electron chi connectivity index (χ3n) is 4.77. The van der Waals surface area contributed by atoms with Crippen molar-refractivity contribution in [3.63, 3.8) is 0 Å². The van der Waals surface area contributed by atoms with Crippen LogP contribution in [0.4, 0.5) is 4.39 Å². The molecule has 2 N–H and O–H groups in total. The van der Waals surface area contributed by atoms with Crippen LogP contribution in [0.3, 0.4) is 0 Å². The lowest BCUT2D eigenvalue weighted by atomic mass is 10.0. The minimum absolute atomic E-state index is 0.183. The van der Waals surface area contributed by atoms with Crippen LogP contribution >= 0.6 is 11.6 Å². The zero-order valence-electron chi connectivity index (χ0n) is 14.6. The zero-order valence-corrected chi connectivity index (χ0v) is 15.3. The van der Waals surface area contributed by atoms with Gasteiger partial charge >= 0.3 is 0 Å².